The van der Waals surface area contributed by atoms with Gasteiger partial charge in [-0.1, -0.05) is 12.1 Å². The van der Waals surface area contributed by atoms with Gasteiger partial charge in [0.25, 0.3) is 5.56 Å². The minimum Gasteiger partial charge on any atom is -0.495 e. The van der Waals surface area contributed by atoms with Gasteiger partial charge in [-0.3, -0.25) is 9.69 Å². The van der Waals surface area contributed by atoms with Crippen molar-refractivity contribution in [2.45, 2.75) is 13.0 Å². The molecular formula is C27H32N4O6. The van der Waals surface area contributed by atoms with Crippen molar-refractivity contribution in [3.63, 3.8) is 0 Å². The van der Waals surface area contributed by atoms with E-state index >= 15 is 0 Å². The van der Waals surface area contributed by atoms with Crippen LogP contribution in [0.15, 0.2) is 47.3 Å². The minimum atomic E-state index is -0.298. The fourth-order valence-corrected chi connectivity index (χ4v) is 4.62. The average Bonchev–Trinajstić information content (AvgIpc) is 2.92. The highest BCUT2D eigenvalue weighted by Gasteiger charge is 2.20. The van der Waals surface area contributed by atoms with Crippen LogP contribution >= 0.6 is 0 Å². The number of urea groups is 1. The van der Waals surface area contributed by atoms with E-state index in [-0.39, 0.29) is 18.1 Å². The molecule has 2 N–H and O–H groups in total. The van der Waals surface area contributed by atoms with E-state index in [9.17, 15) is 9.59 Å². The highest BCUT2D eigenvalue weighted by Crippen LogP contribution is 2.33. The van der Waals surface area contributed by atoms with Crippen molar-refractivity contribution >= 4 is 22.6 Å². The van der Waals surface area contributed by atoms with Crippen LogP contribution in [0.25, 0.3) is 10.9 Å². The molecule has 1 saturated heterocycles. The summed E-state index contributed by atoms with van der Waals surface area (Å²) in [6.45, 7) is 5.66. The maximum Gasteiger partial charge on any atom is 0.322 e. The van der Waals surface area contributed by atoms with Crippen LogP contribution < -0.4 is 25.1 Å². The van der Waals surface area contributed by atoms with Gasteiger partial charge in [0.15, 0.2) is 11.5 Å². The lowest BCUT2D eigenvalue weighted by molar-refractivity contribution is 0.0365. The summed E-state index contributed by atoms with van der Waals surface area (Å²) >= 11 is 0. The van der Waals surface area contributed by atoms with Crippen molar-refractivity contribution in [3.05, 3.63) is 58.4 Å². The Morgan fingerprint density at radius 2 is 1.84 bits per heavy atom. The summed E-state index contributed by atoms with van der Waals surface area (Å²) < 4.78 is 22.2. The lowest BCUT2D eigenvalue weighted by Crippen LogP contribution is -2.40. The Kier molecular flexibility index (Phi) is 7.76. The number of morpholine rings is 1. The van der Waals surface area contributed by atoms with Gasteiger partial charge in [-0.2, -0.15) is 0 Å². The molecule has 196 valence electrons. The van der Waals surface area contributed by atoms with Crippen molar-refractivity contribution in [1.82, 2.24) is 14.8 Å². The number of para-hydroxylation sites is 2. The molecule has 0 aliphatic carbocycles. The molecule has 0 unspecified atom stereocenters. The van der Waals surface area contributed by atoms with Gasteiger partial charge in [0.2, 0.25) is 0 Å². The number of benzene rings is 2. The molecule has 1 aromatic heterocycles. The Morgan fingerprint density at radius 1 is 1.08 bits per heavy atom. The second kappa shape index (κ2) is 11.5. The van der Waals surface area contributed by atoms with Crippen molar-refractivity contribution in [3.8, 4) is 17.2 Å². The third-order valence-corrected chi connectivity index (χ3v) is 6.59. The van der Waals surface area contributed by atoms with Gasteiger partial charge >= 0.3 is 6.03 Å². The summed E-state index contributed by atoms with van der Waals surface area (Å²) in [7, 11) is 1.56. The quantitative estimate of drug-likeness (QED) is 0.482. The van der Waals surface area contributed by atoms with Gasteiger partial charge in [0.1, 0.15) is 19.0 Å². The Bertz CT molecular complexity index is 1300. The first-order chi connectivity index (χ1) is 18.1. The van der Waals surface area contributed by atoms with E-state index in [0.29, 0.717) is 53.8 Å². The summed E-state index contributed by atoms with van der Waals surface area (Å²) in [5.41, 5.74) is 1.48. The molecule has 2 aliphatic rings. The highest BCUT2D eigenvalue weighted by atomic mass is 16.6. The molecule has 10 nitrogen and oxygen atoms in total. The van der Waals surface area contributed by atoms with Crippen LogP contribution in [-0.4, -0.2) is 80.5 Å². The van der Waals surface area contributed by atoms with E-state index in [0.717, 1.165) is 44.7 Å². The average molecular weight is 509 g/mol. The first-order valence-corrected chi connectivity index (χ1v) is 12.6. The molecule has 1 fully saturated rings. The summed E-state index contributed by atoms with van der Waals surface area (Å²) in [6, 6.07) is 12.4. The number of fused-ring (bicyclic) bond motifs is 2. The highest BCUT2D eigenvalue weighted by molar-refractivity contribution is 5.91. The number of anilines is 1. The molecule has 0 radical (unpaired) electrons. The van der Waals surface area contributed by atoms with Crippen LogP contribution in [-0.2, 0) is 11.3 Å². The number of amides is 2. The van der Waals surface area contributed by atoms with Crippen LogP contribution in [0.3, 0.4) is 0 Å². The van der Waals surface area contributed by atoms with E-state index in [1.807, 2.05) is 24.3 Å². The molecule has 5 rings (SSSR count). The number of hydrogen-bond acceptors (Lipinski definition) is 7. The number of ether oxygens (including phenoxy) is 4. The molecule has 0 saturated carbocycles. The molecular weight excluding hydrogens is 476 g/mol. The minimum absolute atomic E-state index is 0.157. The molecule has 3 aromatic rings. The van der Waals surface area contributed by atoms with Crippen LogP contribution in [0, 0.1) is 0 Å². The maximum absolute atomic E-state index is 13.4. The Morgan fingerprint density at radius 3 is 2.62 bits per heavy atom. The van der Waals surface area contributed by atoms with Gasteiger partial charge in [-0.05, 0) is 30.7 Å². The molecule has 10 heteroatoms. The van der Waals surface area contributed by atoms with Crippen molar-refractivity contribution in [1.29, 1.82) is 0 Å². The lowest BCUT2D eigenvalue weighted by Gasteiger charge is -2.28. The van der Waals surface area contributed by atoms with Gasteiger partial charge in [-0.25, -0.2) is 4.79 Å². The standard InChI is InChI=1S/C27H32N4O6/c1-34-23-6-3-2-5-21(23)29-27(33)31(8-4-7-30-9-11-35-12-10-30)18-20-15-19-16-24-25(37-14-13-36-24)17-22(19)28-26(20)32/h2-3,5-6,15-17H,4,7-14,18H2,1H3,(H,28,32)(H,29,33). The monoisotopic (exact) mass is 508 g/mol. The van der Waals surface area contributed by atoms with E-state index < -0.39 is 0 Å². The van der Waals surface area contributed by atoms with Gasteiger partial charge in [0.05, 0.1) is 38.1 Å². The summed E-state index contributed by atoms with van der Waals surface area (Å²) in [4.78, 5) is 33.4. The largest absolute Gasteiger partial charge is 0.495 e. The number of H-pyrrole nitrogens is 1. The predicted octanol–water partition coefficient (Wildman–Crippen LogP) is 3.06. The number of nitrogens with one attached hydrogen (secondary N) is 2. The molecule has 0 spiro atoms. The van der Waals surface area contributed by atoms with E-state index in [4.69, 9.17) is 18.9 Å². The number of rotatable bonds is 8. The zero-order chi connectivity index (χ0) is 25.6. The molecule has 2 aliphatic heterocycles. The zero-order valence-corrected chi connectivity index (χ0v) is 21.0. The Labute approximate surface area is 215 Å². The maximum atomic E-state index is 13.4. The Hall–Kier alpha value is -3.76. The van der Waals surface area contributed by atoms with Gasteiger partial charge in [-0.15, -0.1) is 0 Å². The molecule has 3 heterocycles. The van der Waals surface area contributed by atoms with Crippen molar-refractivity contribution in [2.75, 3.05) is 65.0 Å². The third kappa shape index (κ3) is 5.98. The Balaban J connectivity index is 1.37. The fourth-order valence-electron chi connectivity index (χ4n) is 4.62. The number of methoxy groups -OCH3 is 1. The second-order valence-corrected chi connectivity index (χ2v) is 9.07. The SMILES string of the molecule is COc1ccccc1NC(=O)N(CCCN1CCOCC1)Cc1cc2cc3c(cc2[nH]c1=O)OCCO3. The van der Waals surface area contributed by atoms with Crippen LogP contribution in [0.1, 0.15) is 12.0 Å². The number of carbonyl (C=O) groups excluding carboxylic acids is 1. The first-order valence-electron chi connectivity index (χ1n) is 12.6. The topological polar surface area (TPSA) is 105 Å². The van der Waals surface area contributed by atoms with E-state index in [1.165, 1.54) is 0 Å². The van der Waals surface area contributed by atoms with Crippen LogP contribution in [0.4, 0.5) is 10.5 Å². The van der Waals surface area contributed by atoms with Gasteiger partial charge < -0.3 is 34.1 Å². The molecule has 37 heavy (non-hydrogen) atoms. The normalized spacial score (nSPS) is 15.4. The summed E-state index contributed by atoms with van der Waals surface area (Å²) in [5, 5.41) is 3.76. The number of pyridine rings is 1. The summed E-state index contributed by atoms with van der Waals surface area (Å²) in [6.07, 6.45) is 0.767. The van der Waals surface area contributed by atoms with E-state index in [2.05, 4.69) is 15.2 Å². The second-order valence-electron chi connectivity index (χ2n) is 9.07. The lowest BCUT2D eigenvalue weighted by atomic mass is 10.1. The number of aromatic amines is 1. The smallest absolute Gasteiger partial charge is 0.322 e. The molecule has 2 amide bonds. The fraction of sp³-hybridized carbons (Fsp3) is 0.407. The summed E-state index contributed by atoms with van der Waals surface area (Å²) in [5.74, 6) is 1.83. The first kappa shape index (κ1) is 24.9. The van der Waals surface area contributed by atoms with Crippen LogP contribution in [0.2, 0.25) is 0 Å². The zero-order valence-electron chi connectivity index (χ0n) is 21.0. The number of carbonyl (C=O) groups is 1. The van der Waals surface area contributed by atoms with Gasteiger partial charge in [0, 0.05) is 43.2 Å². The third-order valence-electron chi connectivity index (χ3n) is 6.59. The number of nitrogens with zero attached hydrogens (tertiary/aromatic N) is 2. The number of hydrogen-bond donors (Lipinski definition) is 2. The molecule has 0 atom stereocenters. The predicted molar refractivity (Wildman–Crippen MR) is 140 cm³/mol. The number of aromatic nitrogens is 1. The molecule has 2 aromatic carbocycles. The van der Waals surface area contributed by atoms with Crippen LogP contribution in [0.5, 0.6) is 17.2 Å². The van der Waals surface area contributed by atoms with Crippen molar-refractivity contribution < 1.29 is 23.7 Å². The molecule has 0 bridgehead atoms. The van der Waals surface area contributed by atoms with Crippen molar-refractivity contribution in [2.24, 2.45) is 0 Å². The van der Waals surface area contributed by atoms with E-state index in [1.54, 1.807) is 30.2 Å².